The van der Waals surface area contributed by atoms with Gasteiger partial charge in [0.1, 0.15) is 0 Å². The molecule has 2 fully saturated rings. The van der Waals surface area contributed by atoms with Gasteiger partial charge in [-0.2, -0.15) is 0 Å². The van der Waals surface area contributed by atoms with E-state index in [-0.39, 0.29) is 36.1 Å². The molecule has 0 bridgehead atoms. The van der Waals surface area contributed by atoms with Crippen molar-refractivity contribution >= 4 is 17.8 Å². The van der Waals surface area contributed by atoms with Gasteiger partial charge in [0, 0.05) is 32.1 Å². The van der Waals surface area contributed by atoms with Crippen molar-refractivity contribution in [2.75, 3.05) is 26.2 Å². The van der Waals surface area contributed by atoms with Crippen LogP contribution in [0, 0.1) is 23.2 Å². The third kappa shape index (κ3) is 3.82. The molecule has 0 aromatic rings. The summed E-state index contributed by atoms with van der Waals surface area (Å²) < 4.78 is 0. The first-order chi connectivity index (χ1) is 11.7. The maximum absolute atomic E-state index is 12.9. The minimum absolute atomic E-state index is 0.0127. The summed E-state index contributed by atoms with van der Waals surface area (Å²) in [6.45, 7) is 9.73. The number of piperidine rings is 1. The predicted molar refractivity (Wildman–Crippen MR) is 94.9 cm³/mol. The first-order valence-electron chi connectivity index (χ1n) is 9.54. The Labute approximate surface area is 150 Å². The lowest BCUT2D eigenvalue weighted by atomic mass is 9.76. The normalized spacial score (nSPS) is 28.3. The molecular weight excluding hydrogens is 320 g/mol. The Kier molecular flexibility index (Phi) is 6.12. The molecule has 0 aromatic carbocycles. The molecule has 1 N–H and O–H groups in total. The zero-order chi connectivity index (χ0) is 18.8. The molecule has 2 aliphatic heterocycles. The van der Waals surface area contributed by atoms with Crippen LogP contribution < -0.4 is 0 Å². The molecule has 2 saturated heterocycles. The zero-order valence-corrected chi connectivity index (χ0v) is 16.0. The van der Waals surface area contributed by atoms with Crippen LogP contribution in [0.25, 0.3) is 0 Å². The van der Waals surface area contributed by atoms with Crippen LogP contribution in [0.2, 0.25) is 0 Å². The summed E-state index contributed by atoms with van der Waals surface area (Å²) in [5.41, 5.74) is -0.837. The highest BCUT2D eigenvalue weighted by molar-refractivity contribution is 5.84. The third-order valence-corrected chi connectivity index (χ3v) is 6.26. The lowest BCUT2D eigenvalue weighted by molar-refractivity contribution is -0.151. The van der Waals surface area contributed by atoms with E-state index >= 15 is 0 Å². The Morgan fingerprint density at radius 1 is 1.16 bits per heavy atom. The molecule has 0 aromatic heterocycles. The summed E-state index contributed by atoms with van der Waals surface area (Å²) in [6.07, 6.45) is 2.92. The van der Waals surface area contributed by atoms with Crippen LogP contribution >= 0.6 is 0 Å². The first-order valence-corrected chi connectivity index (χ1v) is 9.54. The summed E-state index contributed by atoms with van der Waals surface area (Å²) in [5.74, 6) is -0.888. The molecule has 2 rings (SSSR count). The Hall–Kier alpha value is -1.59. The summed E-state index contributed by atoms with van der Waals surface area (Å²) in [7, 11) is 0. The van der Waals surface area contributed by atoms with Crippen LogP contribution in [0.3, 0.4) is 0 Å². The van der Waals surface area contributed by atoms with Gasteiger partial charge in [-0.3, -0.25) is 14.4 Å². The van der Waals surface area contributed by atoms with Gasteiger partial charge in [0.25, 0.3) is 0 Å². The molecule has 6 heteroatoms. The average molecular weight is 352 g/mol. The lowest BCUT2D eigenvalue weighted by Gasteiger charge is -2.36. The molecule has 2 amide bonds. The smallest absolute Gasteiger partial charge is 0.311 e. The fourth-order valence-corrected chi connectivity index (χ4v) is 4.04. The summed E-state index contributed by atoms with van der Waals surface area (Å²) in [4.78, 5) is 40.7. The second kappa shape index (κ2) is 7.75. The fourth-order valence-electron chi connectivity index (χ4n) is 4.04. The molecule has 2 aliphatic rings. The molecule has 0 aliphatic carbocycles. The van der Waals surface area contributed by atoms with Crippen molar-refractivity contribution in [3.05, 3.63) is 0 Å². The van der Waals surface area contributed by atoms with Crippen LogP contribution in [0.15, 0.2) is 0 Å². The Bertz CT molecular complexity index is 534. The van der Waals surface area contributed by atoms with E-state index in [1.807, 2.05) is 32.6 Å². The van der Waals surface area contributed by atoms with E-state index in [4.69, 9.17) is 0 Å². The minimum Gasteiger partial charge on any atom is -0.481 e. The van der Waals surface area contributed by atoms with Gasteiger partial charge in [-0.05, 0) is 31.6 Å². The number of aliphatic carboxylic acids is 1. The van der Waals surface area contributed by atoms with Crippen molar-refractivity contribution in [1.82, 2.24) is 9.80 Å². The molecule has 0 radical (unpaired) electrons. The van der Waals surface area contributed by atoms with Crippen molar-refractivity contribution in [3.63, 3.8) is 0 Å². The maximum Gasteiger partial charge on any atom is 0.311 e. The number of carbonyl (C=O) groups is 3. The van der Waals surface area contributed by atoms with Gasteiger partial charge in [-0.15, -0.1) is 0 Å². The van der Waals surface area contributed by atoms with E-state index in [0.717, 1.165) is 25.8 Å². The highest BCUT2D eigenvalue weighted by atomic mass is 16.4. The molecule has 3 unspecified atom stereocenters. The largest absolute Gasteiger partial charge is 0.481 e. The first kappa shape index (κ1) is 19.7. The number of carbonyl (C=O) groups excluding carboxylic acids is 2. The minimum atomic E-state index is -0.837. The van der Waals surface area contributed by atoms with Gasteiger partial charge in [0.2, 0.25) is 11.8 Å². The van der Waals surface area contributed by atoms with Crippen LogP contribution in [-0.2, 0) is 14.4 Å². The number of carboxylic acid groups (broad SMARTS) is 1. The number of carboxylic acids is 1. The molecule has 6 nitrogen and oxygen atoms in total. The number of amides is 2. The highest BCUT2D eigenvalue weighted by Crippen LogP contribution is 2.39. The summed E-state index contributed by atoms with van der Waals surface area (Å²) in [5, 5.41) is 9.66. The number of nitrogens with zero attached hydrogens (tertiary/aromatic N) is 2. The second-order valence-electron chi connectivity index (χ2n) is 8.06. The standard InChI is InChI=1S/C19H32N2O4/c1-5-14(4)16(22)20-9-6-7-15(11-20)17(23)21-10-8-19(12-21,13(2)3)18(24)25/h13-15H,5-12H2,1-4H3,(H,24,25). The quantitative estimate of drug-likeness (QED) is 0.823. The van der Waals surface area contributed by atoms with Crippen LogP contribution in [0.1, 0.15) is 53.4 Å². The average Bonchev–Trinajstić information content (AvgIpc) is 3.06. The van der Waals surface area contributed by atoms with Crippen LogP contribution in [0.4, 0.5) is 0 Å². The molecule has 2 heterocycles. The van der Waals surface area contributed by atoms with Gasteiger partial charge >= 0.3 is 5.97 Å². The number of likely N-dealkylation sites (tertiary alicyclic amines) is 2. The van der Waals surface area contributed by atoms with E-state index in [2.05, 4.69) is 0 Å². The van der Waals surface area contributed by atoms with Crippen LogP contribution in [0.5, 0.6) is 0 Å². The van der Waals surface area contributed by atoms with Crippen molar-refractivity contribution in [2.24, 2.45) is 23.2 Å². The summed E-state index contributed by atoms with van der Waals surface area (Å²) >= 11 is 0. The van der Waals surface area contributed by atoms with Gasteiger partial charge < -0.3 is 14.9 Å². The molecule has 142 valence electrons. The molecular formula is C19H32N2O4. The Morgan fingerprint density at radius 2 is 1.84 bits per heavy atom. The van der Waals surface area contributed by atoms with Crippen molar-refractivity contribution in [2.45, 2.75) is 53.4 Å². The van der Waals surface area contributed by atoms with Gasteiger partial charge in [0.15, 0.2) is 0 Å². The topological polar surface area (TPSA) is 77.9 Å². The maximum atomic E-state index is 12.9. The van der Waals surface area contributed by atoms with Crippen LogP contribution in [-0.4, -0.2) is 58.9 Å². The van der Waals surface area contributed by atoms with E-state index in [9.17, 15) is 19.5 Å². The number of rotatable bonds is 5. The zero-order valence-electron chi connectivity index (χ0n) is 16.0. The lowest BCUT2D eigenvalue weighted by Crippen LogP contribution is -2.48. The summed E-state index contributed by atoms with van der Waals surface area (Å²) in [6, 6.07) is 0. The third-order valence-electron chi connectivity index (χ3n) is 6.26. The predicted octanol–water partition coefficient (Wildman–Crippen LogP) is 2.23. The Balaban J connectivity index is 2.03. The SMILES string of the molecule is CCC(C)C(=O)N1CCCC(C(=O)N2CCC(C(=O)O)(C(C)C)C2)C1. The van der Waals surface area contributed by atoms with Gasteiger partial charge in [-0.25, -0.2) is 0 Å². The number of hydrogen-bond acceptors (Lipinski definition) is 3. The van der Waals surface area contributed by atoms with E-state index in [0.29, 0.717) is 19.5 Å². The number of hydrogen-bond donors (Lipinski definition) is 1. The molecule has 0 saturated carbocycles. The van der Waals surface area contributed by atoms with Gasteiger partial charge in [-0.1, -0.05) is 27.7 Å². The van der Waals surface area contributed by atoms with Crippen molar-refractivity contribution < 1.29 is 19.5 Å². The highest BCUT2D eigenvalue weighted by Gasteiger charge is 2.49. The Morgan fingerprint density at radius 3 is 2.36 bits per heavy atom. The molecule has 3 atom stereocenters. The molecule has 25 heavy (non-hydrogen) atoms. The van der Waals surface area contributed by atoms with Gasteiger partial charge in [0.05, 0.1) is 11.3 Å². The molecule has 0 spiro atoms. The monoisotopic (exact) mass is 352 g/mol. The second-order valence-corrected chi connectivity index (χ2v) is 8.06. The van der Waals surface area contributed by atoms with Crippen molar-refractivity contribution in [1.29, 1.82) is 0 Å². The van der Waals surface area contributed by atoms with E-state index in [1.54, 1.807) is 4.90 Å². The van der Waals surface area contributed by atoms with E-state index < -0.39 is 11.4 Å². The van der Waals surface area contributed by atoms with Crippen molar-refractivity contribution in [3.8, 4) is 0 Å². The fraction of sp³-hybridized carbons (Fsp3) is 0.842. The van der Waals surface area contributed by atoms with E-state index in [1.165, 1.54) is 0 Å².